The lowest BCUT2D eigenvalue weighted by Crippen LogP contribution is -2.33. The first kappa shape index (κ1) is 24.4. The number of hydrogen-bond acceptors (Lipinski definition) is 7. The van der Waals surface area contributed by atoms with E-state index < -0.39 is 17.8 Å². The van der Waals surface area contributed by atoms with Gasteiger partial charge in [-0.25, -0.2) is 9.37 Å². The smallest absolute Gasteiger partial charge is 0.259 e. The first-order valence-corrected chi connectivity index (χ1v) is 11.9. The number of nitrogens with zero attached hydrogens (tertiary/aromatic N) is 4. The normalized spacial score (nSPS) is 14.5. The molecule has 1 aliphatic heterocycles. The summed E-state index contributed by atoms with van der Waals surface area (Å²) in [6.07, 6.45) is 1.23. The van der Waals surface area contributed by atoms with Gasteiger partial charge in [-0.1, -0.05) is 36.4 Å². The van der Waals surface area contributed by atoms with Crippen LogP contribution in [0.4, 0.5) is 10.2 Å². The van der Waals surface area contributed by atoms with Crippen LogP contribution in [0.1, 0.15) is 35.8 Å². The summed E-state index contributed by atoms with van der Waals surface area (Å²) in [7, 11) is 0. The van der Waals surface area contributed by atoms with Crippen molar-refractivity contribution in [3.63, 3.8) is 0 Å². The maximum atomic E-state index is 14.8. The quantitative estimate of drug-likeness (QED) is 0.373. The molecule has 0 bridgehead atoms. The molecule has 0 unspecified atom stereocenters. The Kier molecular flexibility index (Phi) is 7.09. The molecule has 10 heteroatoms. The highest BCUT2D eigenvalue weighted by atomic mass is 19.1. The Morgan fingerprint density at radius 2 is 2.00 bits per heavy atom. The van der Waals surface area contributed by atoms with Crippen molar-refractivity contribution in [2.24, 2.45) is 0 Å². The van der Waals surface area contributed by atoms with Crippen molar-refractivity contribution in [1.29, 1.82) is 0 Å². The van der Waals surface area contributed by atoms with Crippen LogP contribution >= 0.6 is 0 Å². The Labute approximate surface area is 213 Å². The van der Waals surface area contributed by atoms with Gasteiger partial charge in [0.05, 0.1) is 18.8 Å². The van der Waals surface area contributed by atoms with Crippen molar-refractivity contribution in [3.05, 3.63) is 83.9 Å². The van der Waals surface area contributed by atoms with Crippen molar-refractivity contribution < 1.29 is 23.4 Å². The predicted octanol–water partition coefficient (Wildman–Crippen LogP) is 4.67. The van der Waals surface area contributed by atoms with E-state index in [2.05, 4.69) is 20.5 Å². The van der Waals surface area contributed by atoms with Crippen LogP contribution in [-0.2, 0) is 11.3 Å². The zero-order valence-corrected chi connectivity index (χ0v) is 20.4. The van der Waals surface area contributed by atoms with E-state index in [0.29, 0.717) is 18.1 Å². The standard InChI is InChI=1S/C27H26FN5O4/c1-17(2)33-16-29-32-26(33)22-9-6-10-25(30-22)31-27(34)20-11-24-23(12-21(20)28)36-15-19(37-24)14-35-13-18-7-4-3-5-8-18/h3-12,16-17,19H,13-15H2,1-2H3,(H,30,31,34)/t19-/m1/s1. The largest absolute Gasteiger partial charge is 0.486 e. The summed E-state index contributed by atoms with van der Waals surface area (Å²) in [4.78, 5) is 17.4. The molecule has 1 aliphatic rings. The predicted molar refractivity (Wildman–Crippen MR) is 134 cm³/mol. The van der Waals surface area contributed by atoms with Gasteiger partial charge in [-0.15, -0.1) is 10.2 Å². The molecule has 4 aromatic rings. The highest BCUT2D eigenvalue weighted by molar-refractivity contribution is 6.04. The number of halogens is 1. The van der Waals surface area contributed by atoms with E-state index in [9.17, 15) is 9.18 Å². The number of carbonyl (C=O) groups excluding carboxylic acids is 1. The van der Waals surface area contributed by atoms with Crippen LogP contribution in [0, 0.1) is 5.82 Å². The third kappa shape index (κ3) is 5.59. The molecule has 1 amide bonds. The van der Waals surface area contributed by atoms with Crippen LogP contribution in [-0.4, -0.2) is 45.0 Å². The maximum absolute atomic E-state index is 14.8. The van der Waals surface area contributed by atoms with Gasteiger partial charge in [0.15, 0.2) is 23.4 Å². The molecule has 2 aromatic heterocycles. The summed E-state index contributed by atoms with van der Waals surface area (Å²) in [6.45, 7) is 4.94. The fourth-order valence-electron chi connectivity index (χ4n) is 3.89. The number of nitrogens with one attached hydrogen (secondary N) is 1. The summed E-state index contributed by atoms with van der Waals surface area (Å²) >= 11 is 0. The minimum atomic E-state index is -0.727. The van der Waals surface area contributed by atoms with E-state index in [0.717, 1.165) is 11.6 Å². The number of fused-ring (bicyclic) bond motifs is 1. The summed E-state index contributed by atoms with van der Waals surface area (Å²) < 4.78 is 34.0. The molecule has 1 atom stereocenters. The number of rotatable bonds is 8. The van der Waals surface area contributed by atoms with Gasteiger partial charge in [-0.3, -0.25) is 4.79 Å². The molecular formula is C27H26FN5O4. The first-order chi connectivity index (χ1) is 18.0. The summed E-state index contributed by atoms with van der Waals surface area (Å²) in [5.41, 5.74) is 1.39. The van der Waals surface area contributed by atoms with Crippen LogP contribution in [0.15, 0.2) is 67.0 Å². The van der Waals surface area contributed by atoms with Gasteiger partial charge in [0, 0.05) is 12.1 Å². The molecule has 0 spiro atoms. The van der Waals surface area contributed by atoms with Crippen LogP contribution in [0.25, 0.3) is 11.5 Å². The molecule has 0 saturated carbocycles. The third-order valence-electron chi connectivity index (χ3n) is 5.76. The topological polar surface area (TPSA) is 100 Å². The minimum Gasteiger partial charge on any atom is -0.486 e. The molecule has 1 N–H and O–H groups in total. The van der Waals surface area contributed by atoms with Gasteiger partial charge < -0.3 is 24.1 Å². The zero-order valence-electron chi connectivity index (χ0n) is 20.4. The lowest BCUT2D eigenvalue weighted by molar-refractivity contribution is 0.00249. The van der Waals surface area contributed by atoms with Gasteiger partial charge >= 0.3 is 0 Å². The molecule has 37 heavy (non-hydrogen) atoms. The zero-order chi connectivity index (χ0) is 25.8. The van der Waals surface area contributed by atoms with E-state index in [4.69, 9.17) is 14.2 Å². The molecule has 3 heterocycles. The SMILES string of the molecule is CC(C)n1cnnc1-c1cccc(NC(=O)c2cc3c(cc2F)OC[C@@H](COCc2ccccc2)O3)n1. The Hall–Kier alpha value is -4.31. The van der Waals surface area contributed by atoms with Crippen LogP contribution in [0.3, 0.4) is 0 Å². The monoisotopic (exact) mass is 503 g/mol. The molecule has 0 saturated heterocycles. The van der Waals surface area contributed by atoms with Gasteiger partial charge in [0.25, 0.3) is 5.91 Å². The summed E-state index contributed by atoms with van der Waals surface area (Å²) in [6, 6.07) is 17.5. The second-order valence-corrected chi connectivity index (χ2v) is 8.85. The van der Waals surface area contributed by atoms with E-state index >= 15 is 0 Å². The fraction of sp³-hybridized carbons (Fsp3) is 0.259. The van der Waals surface area contributed by atoms with Gasteiger partial charge in [0.1, 0.15) is 30.3 Å². The minimum absolute atomic E-state index is 0.129. The van der Waals surface area contributed by atoms with Crippen molar-refractivity contribution in [2.45, 2.75) is 32.6 Å². The Balaban J connectivity index is 1.27. The average Bonchev–Trinajstić information content (AvgIpc) is 3.40. The molecule has 0 fully saturated rings. The molecule has 0 radical (unpaired) electrons. The Bertz CT molecular complexity index is 1390. The average molecular weight is 504 g/mol. The maximum Gasteiger partial charge on any atom is 0.259 e. The van der Waals surface area contributed by atoms with E-state index in [1.165, 1.54) is 6.07 Å². The summed E-state index contributed by atoms with van der Waals surface area (Å²) in [5.74, 6) is -0.0607. The van der Waals surface area contributed by atoms with Crippen molar-refractivity contribution >= 4 is 11.7 Å². The Morgan fingerprint density at radius 3 is 2.81 bits per heavy atom. The molecule has 190 valence electrons. The molecule has 2 aromatic carbocycles. The van der Waals surface area contributed by atoms with Crippen LogP contribution in [0.2, 0.25) is 0 Å². The van der Waals surface area contributed by atoms with Crippen LogP contribution in [0.5, 0.6) is 11.5 Å². The first-order valence-electron chi connectivity index (χ1n) is 11.9. The van der Waals surface area contributed by atoms with Crippen molar-refractivity contribution in [2.75, 3.05) is 18.5 Å². The molecule has 9 nitrogen and oxygen atoms in total. The van der Waals surface area contributed by atoms with Gasteiger partial charge in [-0.05, 0) is 37.6 Å². The Morgan fingerprint density at radius 1 is 1.16 bits per heavy atom. The van der Waals surface area contributed by atoms with Crippen molar-refractivity contribution in [3.8, 4) is 23.0 Å². The second-order valence-electron chi connectivity index (χ2n) is 8.85. The number of anilines is 1. The number of hydrogen-bond donors (Lipinski definition) is 1. The lowest BCUT2D eigenvalue weighted by Gasteiger charge is -2.27. The number of amides is 1. The lowest BCUT2D eigenvalue weighted by atomic mass is 10.1. The number of ether oxygens (including phenoxy) is 3. The third-order valence-corrected chi connectivity index (χ3v) is 5.76. The van der Waals surface area contributed by atoms with Crippen LogP contribution < -0.4 is 14.8 Å². The number of pyridine rings is 1. The fourth-order valence-corrected chi connectivity index (χ4v) is 3.89. The van der Waals surface area contributed by atoms with E-state index in [-0.39, 0.29) is 42.1 Å². The van der Waals surface area contributed by atoms with Crippen molar-refractivity contribution in [1.82, 2.24) is 19.7 Å². The molecule has 5 rings (SSSR count). The number of benzene rings is 2. The number of aromatic nitrogens is 4. The van der Waals surface area contributed by atoms with Gasteiger partial charge in [-0.2, -0.15) is 0 Å². The second kappa shape index (κ2) is 10.8. The highest BCUT2D eigenvalue weighted by Gasteiger charge is 2.25. The van der Waals surface area contributed by atoms with E-state index in [1.54, 1.807) is 24.5 Å². The summed E-state index contributed by atoms with van der Waals surface area (Å²) in [5, 5.41) is 10.7. The molecular weight excluding hydrogens is 477 g/mol. The number of carbonyl (C=O) groups is 1. The highest BCUT2D eigenvalue weighted by Crippen LogP contribution is 2.34. The van der Waals surface area contributed by atoms with Gasteiger partial charge in [0.2, 0.25) is 0 Å². The molecule has 0 aliphatic carbocycles. The van der Waals surface area contributed by atoms with E-state index in [1.807, 2.05) is 48.7 Å².